The number of hydrogen-bond donors (Lipinski definition) is 1. The number of carbonyl (C=O) groups is 1. The highest BCUT2D eigenvalue weighted by Gasteiger charge is 2.30. The third kappa shape index (κ3) is 5.96. The van der Waals surface area contributed by atoms with Gasteiger partial charge in [-0.05, 0) is 33.1 Å². The van der Waals surface area contributed by atoms with Crippen LogP contribution in [0, 0.1) is 11.8 Å². The van der Waals surface area contributed by atoms with Gasteiger partial charge in [0.2, 0.25) is 0 Å². The minimum atomic E-state index is -1.18. The Kier molecular flexibility index (Phi) is 7.07. The molecule has 0 aromatic carbocycles. The van der Waals surface area contributed by atoms with Crippen molar-refractivity contribution in [3.8, 4) is 0 Å². The van der Waals surface area contributed by atoms with Crippen LogP contribution in [0.25, 0.3) is 0 Å². The molecule has 0 saturated heterocycles. The lowest BCUT2D eigenvalue weighted by Gasteiger charge is -2.28. The van der Waals surface area contributed by atoms with Crippen LogP contribution >= 0.6 is 0 Å². The molecule has 0 spiro atoms. The molecule has 108 valence electrons. The SMILES string of the molecule is COC(=O)[C@@H](C)[C@@H](CC(C)C)N[S@](=O)C(C)(C)C. The molecule has 0 amide bonds. The molecule has 0 aromatic heterocycles. The van der Waals surface area contributed by atoms with Crippen LogP contribution in [0.3, 0.4) is 0 Å². The highest BCUT2D eigenvalue weighted by Crippen LogP contribution is 2.18. The summed E-state index contributed by atoms with van der Waals surface area (Å²) in [6.07, 6.45) is 0.790. The van der Waals surface area contributed by atoms with Gasteiger partial charge in [-0.2, -0.15) is 0 Å². The predicted octanol–water partition coefficient (Wildman–Crippen LogP) is 2.26. The molecule has 3 atom stereocenters. The van der Waals surface area contributed by atoms with E-state index in [4.69, 9.17) is 4.74 Å². The van der Waals surface area contributed by atoms with Gasteiger partial charge in [-0.25, -0.2) is 8.93 Å². The van der Waals surface area contributed by atoms with E-state index in [9.17, 15) is 9.00 Å². The minimum Gasteiger partial charge on any atom is -0.469 e. The van der Waals surface area contributed by atoms with Gasteiger partial charge in [0.05, 0.1) is 28.8 Å². The Morgan fingerprint density at radius 3 is 2.11 bits per heavy atom. The van der Waals surface area contributed by atoms with Crippen molar-refractivity contribution in [1.29, 1.82) is 0 Å². The number of hydrogen-bond acceptors (Lipinski definition) is 3. The molecule has 5 heteroatoms. The van der Waals surface area contributed by atoms with E-state index in [2.05, 4.69) is 18.6 Å². The van der Waals surface area contributed by atoms with Gasteiger partial charge < -0.3 is 4.74 Å². The Morgan fingerprint density at radius 2 is 1.78 bits per heavy atom. The molecule has 0 fully saturated rings. The van der Waals surface area contributed by atoms with E-state index in [-0.39, 0.29) is 22.7 Å². The Labute approximate surface area is 113 Å². The Morgan fingerprint density at radius 1 is 1.28 bits per heavy atom. The topological polar surface area (TPSA) is 55.4 Å². The van der Waals surface area contributed by atoms with Crippen molar-refractivity contribution in [2.75, 3.05) is 7.11 Å². The second-order valence-corrected chi connectivity index (χ2v) is 8.04. The highest BCUT2D eigenvalue weighted by molar-refractivity contribution is 7.84. The van der Waals surface area contributed by atoms with Crippen molar-refractivity contribution in [3.63, 3.8) is 0 Å². The van der Waals surface area contributed by atoms with Crippen LogP contribution in [0.4, 0.5) is 0 Å². The minimum absolute atomic E-state index is 0.127. The Balaban J connectivity index is 4.79. The maximum absolute atomic E-state index is 12.1. The molecule has 1 N–H and O–H groups in total. The van der Waals surface area contributed by atoms with Crippen molar-refractivity contribution < 1.29 is 13.7 Å². The molecule has 0 aliphatic rings. The van der Waals surface area contributed by atoms with Gasteiger partial charge in [0.25, 0.3) is 0 Å². The highest BCUT2D eigenvalue weighted by atomic mass is 32.2. The zero-order chi connectivity index (χ0) is 14.5. The van der Waals surface area contributed by atoms with Gasteiger partial charge in [-0.15, -0.1) is 0 Å². The summed E-state index contributed by atoms with van der Waals surface area (Å²) < 4.78 is 19.6. The second kappa shape index (κ2) is 7.24. The van der Waals surface area contributed by atoms with Gasteiger partial charge in [0.1, 0.15) is 0 Å². The number of rotatable bonds is 6. The summed E-state index contributed by atoms with van der Waals surface area (Å²) in [6, 6.07) is -0.127. The van der Waals surface area contributed by atoms with Gasteiger partial charge in [-0.1, -0.05) is 20.8 Å². The number of methoxy groups -OCH3 is 1. The standard InChI is InChI=1S/C13H27NO3S/c1-9(2)8-11(10(3)12(15)17-7)14-18(16)13(4,5)6/h9-11,14H,8H2,1-7H3/t10-,11+,18+/m0/s1. The van der Waals surface area contributed by atoms with Crippen LogP contribution in [-0.2, 0) is 20.5 Å². The van der Waals surface area contributed by atoms with E-state index in [1.807, 2.05) is 27.7 Å². The second-order valence-electron chi connectivity index (χ2n) is 6.05. The maximum atomic E-state index is 12.1. The lowest BCUT2D eigenvalue weighted by Crippen LogP contribution is -2.45. The van der Waals surface area contributed by atoms with Crippen molar-refractivity contribution in [2.45, 2.75) is 58.8 Å². The smallest absolute Gasteiger partial charge is 0.309 e. The average Bonchev–Trinajstić information content (AvgIpc) is 2.24. The molecule has 0 aliphatic carbocycles. The first-order valence-electron chi connectivity index (χ1n) is 6.35. The zero-order valence-electron chi connectivity index (χ0n) is 12.6. The van der Waals surface area contributed by atoms with E-state index < -0.39 is 11.0 Å². The van der Waals surface area contributed by atoms with Crippen molar-refractivity contribution >= 4 is 17.0 Å². The summed E-state index contributed by atoms with van der Waals surface area (Å²) in [5.74, 6) is -0.144. The van der Waals surface area contributed by atoms with Crippen LogP contribution in [0.15, 0.2) is 0 Å². The van der Waals surface area contributed by atoms with E-state index in [0.29, 0.717) is 5.92 Å². The number of nitrogens with one attached hydrogen (secondary N) is 1. The molecular weight excluding hydrogens is 250 g/mol. The fraction of sp³-hybridized carbons (Fsp3) is 0.923. The van der Waals surface area contributed by atoms with E-state index in [1.54, 1.807) is 0 Å². The molecule has 0 bridgehead atoms. The molecular formula is C13H27NO3S. The summed E-state index contributed by atoms with van der Waals surface area (Å²) in [7, 11) is 0.200. The summed E-state index contributed by atoms with van der Waals surface area (Å²) >= 11 is 0. The largest absolute Gasteiger partial charge is 0.469 e. The molecule has 0 aromatic rings. The first kappa shape index (κ1) is 17.6. The molecule has 4 nitrogen and oxygen atoms in total. The molecule has 18 heavy (non-hydrogen) atoms. The zero-order valence-corrected chi connectivity index (χ0v) is 13.4. The van der Waals surface area contributed by atoms with Crippen LogP contribution < -0.4 is 4.72 Å². The lowest BCUT2D eigenvalue weighted by atomic mass is 9.94. The molecule has 0 rings (SSSR count). The van der Waals surface area contributed by atoms with Crippen LogP contribution in [0.5, 0.6) is 0 Å². The fourth-order valence-electron chi connectivity index (χ4n) is 1.53. The van der Waals surface area contributed by atoms with Crippen LogP contribution in [0.2, 0.25) is 0 Å². The first-order chi connectivity index (χ1) is 8.09. The quantitative estimate of drug-likeness (QED) is 0.758. The van der Waals surface area contributed by atoms with Crippen molar-refractivity contribution in [3.05, 3.63) is 0 Å². The average molecular weight is 277 g/mol. The Bertz CT molecular complexity index is 297. The number of carbonyl (C=O) groups excluding carboxylic acids is 1. The van der Waals surface area contributed by atoms with Gasteiger partial charge in [0.15, 0.2) is 0 Å². The molecule has 0 heterocycles. The van der Waals surface area contributed by atoms with E-state index >= 15 is 0 Å². The number of esters is 1. The molecule has 0 radical (unpaired) electrons. The first-order valence-corrected chi connectivity index (χ1v) is 7.50. The monoisotopic (exact) mass is 277 g/mol. The lowest BCUT2D eigenvalue weighted by molar-refractivity contribution is -0.145. The summed E-state index contributed by atoms with van der Waals surface area (Å²) in [5, 5.41) is 0. The third-order valence-corrected chi connectivity index (χ3v) is 4.35. The molecule has 0 aliphatic heterocycles. The normalized spacial score (nSPS) is 17.3. The van der Waals surface area contributed by atoms with Crippen molar-refractivity contribution in [1.82, 2.24) is 4.72 Å². The van der Waals surface area contributed by atoms with Crippen LogP contribution in [0.1, 0.15) is 48.0 Å². The van der Waals surface area contributed by atoms with E-state index in [0.717, 1.165) is 6.42 Å². The van der Waals surface area contributed by atoms with Gasteiger partial charge in [-0.3, -0.25) is 4.79 Å². The predicted molar refractivity (Wildman–Crippen MR) is 75.5 cm³/mol. The third-order valence-electron chi connectivity index (χ3n) is 2.72. The van der Waals surface area contributed by atoms with Gasteiger partial charge in [0, 0.05) is 6.04 Å². The Hall–Kier alpha value is -0.420. The maximum Gasteiger partial charge on any atom is 0.309 e. The van der Waals surface area contributed by atoms with Crippen molar-refractivity contribution in [2.24, 2.45) is 11.8 Å². The summed E-state index contributed by atoms with van der Waals surface area (Å²) in [4.78, 5) is 11.6. The van der Waals surface area contributed by atoms with Gasteiger partial charge >= 0.3 is 5.97 Å². The van der Waals surface area contributed by atoms with Crippen LogP contribution in [-0.4, -0.2) is 28.1 Å². The molecule has 0 saturated carbocycles. The summed E-state index contributed by atoms with van der Waals surface area (Å²) in [5.41, 5.74) is 0. The fourth-order valence-corrected chi connectivity index (χ4v) is 2.46. The summed E-state index contributed by atoms with van der Waals surface area (Å²) in [6.45, 7) is 11.7. The van der Waals surface area contributed by atoms with E-state index in [1.165, 1.54) is 7.11 Å². The number of ether oxygens (including phenoxy) is 1. The molecule has 0 unspecified atom stereocenters.